The molecule has 0 radical (unpaired) electrons. The maximum absolute atomic E-state index is 11.3. The molecule has 5 N–H and O–H groups in total. The van der Waals surface area contributed by atoms with Gasteiger partial charge in [-0.3, -0.25) is 14.4 Å². The Labute approximate surface area is 110 Å². The molecule has 104 valence electrons. The van der Waals surface area contributed by atoms with Crippen molar-refractivity contribution in [2.24, 2.45) is 5.73 Å². The van der Waals surface area contributed by atoms with Gasteiger partial charge < -0.3 is 21.5 Å². The van der Waals surface area contributed by atoms with Gasteiger partial charge in [-0.05, 0) is 12.2 Å². The van der Waals surface area contributed by atoms with Gasteiger partial charge in [0.05, 0.1) is 5.75 Å². The number of rotatable bonds is 9. The van der Waals surface area contributed by atoms with Crippen molar-refractivity contribution >= 4 is 29.5 Å². The van der Waals surface area contributed by atoms with E-state index in [1.807, 2.05) is 0 Å². The Bertz CT molecular complexity index is 299. The van der Waals surface area contributed by atoms with Gasteiger partial charge in [0.25, 0.3) is 0 Å². The normalized spacial score (nSPS) is 11.7. The van der Waals surface area contributed by atoms with Crippen LogP contribution in [0.4, 0.5) is 0 Å². The first kappa shape index (κ1) is 16.7. The van der Waals surface area contributed by atoms with E-state index in [1.54, 1.807) is 0 Å². The van der Waals surface area contributed by atoms with Crippen molar-refractivity contribution < 1.29 is 19.5 Å². The molecule has 7 nitrogen and oxygen atoms in total. The SMILES string of the molecule is CC(=O)NCCNC(=O)CSCCC(N)C(=O)O. The molecule has 0 aromatic carbocycles. The van der Waals surface area contributed by atoms with E-state index in [0.29, 0.717) is 25.3 Å². The molecule has 1 unspecified atom stereocenters. The molecule has 0 saturated heterocycles. The van der Waals surface area contributed by atoms with Crippen molar-refractivity contribution in [3.05, 3.63) is 0 Å². The average Bonchev–Trinajstić information content (AvgIpc) is 2.29. The molecule has 0 aliphatic heterocycles. The fourth-order valence-electron chi connectivity index (χ4n) is 0.990. The third-order valence-electron chi connectivity index (χ3n) is 1.94. The van der Waals surface area contributed by atoms with Gasteiger partial charge in [-0.15, -0.1) is 0 Å². The molecule has 0 aliphatic rings. The summed E-state index contributed by atoms with van der Waals surface area (Å²) < 4.78 is 0. The molecule has 0 saturated carbocycles. The molecule has 0 bridgehead atoms. The predicted molar refractivity (Wildman–Crippen MR) is 69.2 cm³/mol. The number of nitrogens with one attached hydrogen (secondary N) is 2. The van der Waals surface area contributed by atoms with Crippen LogP contribution in [0.3, 0.4) is 0 Å². The highest BCUT2D eigenvalue weighted by atomic mass is 32.2. The number of carboxylic acid groups (broad SMARTS) is 1. The van der Waals surface area contributed by atoms with Gasteiger partial charge in [0.2, 0.25) is 11.8 Å². The second-order valence-corrected chi connectivity index (χ2v) is 4.72. The fourth-order valence-corrected chi connectivity index (χ4v) is 1.84. The van der Waals surface area contributed by atoms with E-state index in [2.05, 4.69) is 10.6 Å². The van der Waals surface area contributed by atoms with Crippen LogP contribution >= 0.6 is 11.8 Å². The molecule has 0 spiro atoms. The Balaban J connectivity index is 3.42. The van der Waals surface area contributed by atoms with E-state index in [1.165, 1.54) is 18.7 Å². The Morgan fingerprint density at radius 2 is 1.89 bits per heavy atom. The van der Waals surface area contributed by atoms with Gasteiger partial charge in [0.15, 0.2) is 0 Å². The van der Waals surface area contributed by atoms with E-state index in [4.69, 9.17) is 10.8 Å². The molecule has 18 heavy (non-hydrogen) atoms. The van der Waals surface area contributed by atoms with Gasteiger partial charge in [0, 0.05) is 20.0 Å². The Kier molecular flexibility index (Phi) is 9.03. The van der Waals surface area contributed by atoms with Crippen molar-refractivity contribution in [3.63, 3.8) is 0 Å². The summed E-state index contributed by atoms with van der Waals surface area (Å²) in [5, 5.41) is 13.7. The van der Waals surface area contributed by atoms with E-state index in [-0.39, 0.29) is 17.6 Å². The summed E-state index contributed by atoms with van der Waals surface area (Å²) in [6.07, 6.45) is 0.333. The lowest BCUT2D eigenvalue weighted by Crippen LogP contribution is -2.34. The molecule has 0 heterocycles. The topological polar surface area (TPSA) is 122 Å². The maximum Gasteiger partial charge on any atom is 0.320 e. The molecular weight excluding hydrogens is 258 g/mol. The van der Waals surface area contributed by atoms with Crippen molar-refractivity contribution in [1.82, 2.24) is 10.6 Å². The maximum atomic E-state index is 11.3. The van der Waals surface area contributed by atoms with Gasteiger partial charge in [-0.2, -0.15) is 11.8 Å². The standard InChI is InChI=1S/C10H19N3O4S/c1-7(14)12-3-4-13-9(15)6-18-5-2-8(11)10(16)17/h8H,2-6,11H2,1H3,(H,12,14)(H,13,15)(H,16,17). The number of amides is 2. The average molecular weight is 277 g/mol. The highest BCUT2D eigenvalue weighted by Gasteiger charge is 2.10. The molecule has 0 aromatic rings. The minimum atomic E-state index is -1.03. The third-order valence-corrected chi connectivity index (χ3v) is 2.94. The van der Waals surface area contributed by atoms with Crippen LogP contribution in [0.25, 0.3) is 0 Å². The number of carbonyl (C=O) groups is 3. The number of nitrogens with two attached hydrogens (primary N) is 1. The van der Waals surface area contributed by atoms with Crippen molar-refractivity contribution in [2.75, 3.05) is 24.6 Å². The predicted octanol–water partition coefficient (Wildman–Crippen LogP) is -1.23. The number of carboxylic acids is 1. The quantitative estimate of drug-likeness (QED) is 0.392. The molecule has 8 heteroatoms. The lowest BCUT2D eigenvalue weighted by atomic mass is 10.2. The molecule has 0 fully saturated rings. The van der Waals surface area contributed by atoms with Gasteiger partial charge in [-0.25, -0.2) is 0 Å². The van der Waals surface area contributed by atoms with Crippen molar-refractivity contribution in [2.45, 2.75) is 19.4 Å². The van der Waals surface area contributed by atoms with Gasteiger partial charge in [-0.1, -0.05) is 0 Å². The number of carbonyl (C=O) groups excluding carboxylic acids is 2. The Morgan fingerprint density at radius 3 is 2.44 bits per heavy atom. The monoisotopic (exact) mass is 277 g/mol. The third kappa shape index (κ3) is 9.91. The first-order valence-corrected chi connectivity index (χ1v) is 6.66. The van der Waals surface area contributed by atoms with E-state index < -0.39 is 12.0 Å². The van der Waals surface area contributed by atoms with Crippen LogP contribution in [-0.2, 0) is 14.4 Å². The Hall–Kier alpha value is -1.28. The first-order valence-electron chi connectivity index (χ1n) is 5.50. The molecule has 0 aliphatic carbocycles. The lowest BCUT2D eigenvalue weighted by Gasteiger charge is -2.07. The molecule has 1 atom stereocenters. The summed E-state index contributed by atoms with van der Waals surface area (Å²) in [6.45, 7) is 2.19. The van der Waals surface area contributed by atoms with E-state index in [0.717, 1.165) is 0 Å². The minimum Gasteiger partial charge on any atom is -0.480 e. The second kappa shape index (κ2) is 9.72. The summed E-state index contributed by atoms with van der Waals surface area (Å²) >= 11 is 1.33. The van der Waals surface area contributed by atoms with Crippen molar-refractivity contribution in [1.29, 1.82) is 0 Å². The van der Waals surface area contributed by atoms with Crippen LogP contribution in [0.5, 0.6) is 0 Å². The van der Waals surface area contributed by atoms with Crippen molar-refractivity contribution in [3.8, 4) is 0 Å². The zero-order valence-corrected chi connectivity index (χ0v) is 11.1. The zero-order valence-electron chi connectivity index (χ0n) is 10.3. The number of hydrogen-bond donors (Lipinski definition) is 4. The molecule has 0 aromatic heterocycles. The van der Waals surface area contributed by atoms with Crippen LogP contribution in [0.2, 0.25) is 0 Å². The molecular formula is C10H19N3O4S. The fraction of sp³-hybridized carbons (Fsp3) is 0.700. The largest absolute Gasteiger partial charge is 0.480 e. The highest BCUT2D eigenvalue weighted by Crippen LogP contribution is 2.03. The highest BCUT2D eigenvalue weighted by molar-refractivity contribution is 7.99. The van der Waals surface area contributed by atoms with Crippen LogP contribution < -0.4 is 16.4 Å². The van der Waals surface area contributed by atoms with E-state index >= 15 is 0 Å². The summed E-state index contributed by atoms with van der Waals surface area (Å²) in [4.78, 5) is 32.2. The number of aliphatic carboxylic acids is 1. The first-order chi connectivity index (χ1) is 8.43. The van der Waals surface area contributed by atoms with Crippen LogP contribution in [0.15, 0.2) is 0 Å². The number of hydrogen-bond acceptors (Lipinski definition) is 5. The van der Waals surface area contributed by atoms with Gasteiger partial charge in [0.1, 0.15) is 6.04 Å². The Morgan fingerprint density at radius 1 is 1.28 bits per heavy atom. The molecule has 0 rings (SSSR count). The smallest absolute Gasteiger partial charge is 0.320 e. The summed E-state index contributed by atoms with van der Waals surface area (Å²) in [5.41, 5.74) is 5.31. The van der Waals surface area contributed by atoms with Gasteiger partial charge >= 0.3 is 5.97 Å². The van der Waals surface area contributed by atoms with Crippen LogP contribution in [-0.4, -0.2) is 53.5 Å². The zero-order chi connectivity index (χ0) is 14.0. The minimum absolute atomic E-state index is 0.138. The van der Waals surface area contributed by atoms with E-state index in [9.17, 15) is 14.4 Å². The second-order valence-electron chi connectivity index (χ2n) is 3.62. The van der Waals surface area contributed by atoms with Crippen LogP contribution in [0, 0.1) is 0 Å². The summed E-state index contributed by atoms with van der Waals surface area (Å²) in [5.74, 6) is -0.537. The number of thioether (sulfide) groups is 1. The summed E-state index contributed by atoms with van der Waals surface area (Å²) in [6, 6.07) is -0.875. The molecule has 2 amide bonds. The summed E-state index contributed by atoms with van der Waals surface area (Å²) in [7, 11) is 0. The van der Waals surface area contributed by atoms with Crippen LogP contribution in [0.1, 0.15) is 13.3 Å². The lowest BCUT2D eigenvalue weighted by molar-refractivity contribution is -0.138.